The average Bonchev–Trinajstić information content (AvgIpc) is 2.65. The average molecular weight is 320 g/mol. The molecule has 1 amide bonds. The number of benzene rings is 2. The van der Waals surface area contributed by atoms with E-state index in [2.05, 4.69) is 10.3 Å². The zero-order valence-electron chi connectivity index (χ0n) is 13.4. The van der Waals surface area contributed by atoms with Crippen molar-refractivity contribution >= 4 is 16.7 Å². The van der Waals surface area contributed by atoms with Gasteiger partial charge in [-0.05, 0) is 23.4 Å². The molecule has 4 heteroatoms. The van der Waals surface area contributed by atoms with E-state index in [0.717, 1.165) is 16.3 Å². The van der Waals surface area contributed by atoms with Crippen molar-refractivity contribution < 1.29 is 9.90 Å². The molecular formula is C20H20N2O2. The summed E-state index contributed by atoms with van der Waals surface area (Å²) in [4.78, 5) is 16.8. The quantitative estimate of drug-likeness (QED) is 0.733. The van der Waals surface area contributed by atoms with Crippen LogP contribution in [0.15, 0.2) is 66.9 Å². The number of aromatic nitrogens is 1. The van der Waals surface area contributed by atoms with Crippen LogP contribution in [-0.4, -0.2) is 29.1 Å². The van der Waals surface area contributed by atoms with E-state index in [4.69, 9.17) is 0 Å². The van der Waals surface area contributed by atoms with Gasteiger partial charge in [-0.25, -0.2) is 0 Å². The van der Waals surface area contributed by atoms with Crippen LogP contribution in [0.4, 0.5) is 0 Å². The molecule has 0 saturated carbocycles. The molecular weight excluding hydrogens is 300 g/mol. The SMILES string of the molecule is O=C(NCC(CCO)c1ccccc1)c1nccc2ccccc12. The van der Waals surface area contributed by atoms with Crippen molar-refractivity contribution in [2.45, 2.75) is 12.3 Å². The molecule has 0 radical (unpaired) electrons. The number of nitrogens with one attached hydrogen (secondary N) is 1. The molecule has 1 unspecified atom stereocenters. The monoisotopic (exact) mass is 320 g/mol. The lowest BCUT2D eigenvalue weighted by Gasteiger charge is -2.17. The number of aliphatic hydroxyl groups is 1. The smallest absolute Gasteiger partial charge is 0.270 e. The van der Waals surface area contributed by atoms with Gasteiger partial charge in [-0.2, -0.15) is 0 Å². The van der Waals surface area contributed by atoms with Gasteiger partial charge in [0.1, 0.15) is 5.69 Å². The third kappa shape index (κ3) is 3.60. The Kier molecular flexibility index (Phi) is 5.18. The summed E-state index contributed by atoms with van der Waals surface area (Å²) in [5.74, 6) is -0.110. The van der Waals surface area contributed by atoms with E-state index in [0.29, 0.717) is 18.7 Å². The maximum atomic E-state index is 12.6. The van der Waals surface area contributed by atoms with Gasteiger partial charge in [-0.3, -0.25) is 9.78 Å². The lowest BCUT2D eigenvalue weighted by Crippen LogP contribution is -2.29. The topological polar surface area (TPSA) is 62.2 Å². The molecule has 3 aromatic rings. The van der Waals surface area contributed by atoms with E-state index in [-0.39, 0.29) is 18.4 Å². The van der Waals surface area contributed by atoms with Gasteiger partial charge in [-0.15, -0.1) is 0 Å². The maximum Gasteiger partial charge on any atom is 0.270 e. The first-order valence-electron chi connectivity index (χ1n) is 8.07. The van der Waals surface area contributed by atoms with E-state index in [1.54, 1.807) is 6.20 Å². The fourth-order valence-electron chi connectivity index (χ4n) is 2.87. The molecule has 1 aromatic heterocycles. The second-order valence-electron chi connectivity index (χ2n) is 5.71. The van der Waals surface area contributed by atoms with Crippen molar-refractivity contribution in [1.82, 2.24) is 10.3 Å². The van der Waals surface area contributed by atoms with E-state index < -0.39 is 0 Å². The molecule has 3 rings (SSSR count). The van der Waals surface area contributed by atoms with Crippen LogP contribution < -0.4 is 5.32 Å². The first kappa shape index (κ1) is 16.1. The molecule has 0 spiro atoms. The molecule has 1 atom stereocenters. The minimum atomic E-state index is -0.189. The van der Waals surface area contributed by atoms with Crippen LogP contribution in [0.3, 0.4) is 0 Å². The van der Waals surface area contributed by atoms with Crippen molar-refractivity contribution in [2.24, 2.45) is 0 Å². The number of pyridine rings is 1. The van der Waals surface area contributed by atoms with Crippen molar-refractivity contribution in [2.75, 3.05) is 13.2 Å². The van der Waals surface area contributed by atoms with Crippen molar-refractivity contribution in [3.05, 3.63) is 78.1 Å². The third-order valence-corrected chi connectivity index (χ3v) is 4.15. The normalized spacial score (nSPS) is 12.0. The summed E-state index contributed by atoms with van der Waals surface area (Å²) in [5, 5.41) is 14.1. The van der Waals surface area contributed by atoms with Crippen LogP contribution in [0.25, 0.3) is 10.8 Å². The minimum absolute atomic E-state index is 0.0788. The molecule has 1 heterocycles. The predicted octanol–water partition coefficient (Wildman–Crippen LogP) is 3.13. The van der Waals surface area contributed by atoms with Crippen LogP contribution >= 0.6 is 0 Å². The van der Waals surface area contributed by atoms with Gasteiger partial charge in [0.2, 0.25) is 0 Å². The Morgan fingerprint density at radius 3 is 2.58 bits per heavy atom. The maximum absolute atomic E-state index is 12.6. The summed E-state index contributed by atoms with van der Waals surface area (Å²) in [6, 6.07) is 19.5. The first-order valence-corrected chi connectivity index (χ1v) is 8.07. The molecule has 0 aliphatic rings. The molecule has 0 fully saturated rings. The molecule has 4 nitrogen and oxygen atoms in total. The van der Waals surface area contributed by atoms with Gasteiger partial charge >= 0.3 is 0 Å². The van der Waals surface area contributed by atoms with Crippen LogP contribution in [0.5, 0.6) is 0 Å². The number of carbonyl (C=O) groups excluding carboxylic acids is 1. The minimum Gasteiger partial charge on any atom is -0.396 e. The highest BCUT2D eigenvalue weighted by Gasteiger charge is 2.15. The number of aliphatic hydroxyl groups excluding tert-OH is 1. The zero-order valence-corrected chi connectivity index (χ0v) is 13.4. The molecule has 2 aromatic carbocycles. The zero-order chi connectivity index (χ0) is 16.8. The Morgan fingerprint density at radius 1 is 1.04 bits per heavy atom. The van der Waals surface area contributed by atoms with Crippen LogP contribution in [0.1, 0.15) is 28.4 Å². The number of hydrogen-bond donors (Lipinski definition) is 2. The molecule has 0 aliphatic heterocycles. The molecule has 0 saturated heterocycles. The second kappa shape index (κ2) is 7.70. The highest BCUT2D eigenvalue weighted by atomic mass is 16.3. The van der Waals surface area contributed by atoms with Gasteiger partial charge in [0.25, 0.3) is 5.91 Å². The van der Waals surface area contributed by atoms with Gasteiger partial charge < -0.3 is 10.4 Å². The Labute approximate surface area is 141 Å². The van der Waals surface area contributed by atoms with E-state index in [1.807, 2.05) is 60.7 Å². The third-order valence-electron chi connectivity index (χ3n) is 4.15. The summed E-state index contributed by atoms with van der Waals surface area (Å²) >= 11 is 0. The fourth-order valence-corrected chi connectivity index (χ4v) is 2.87. The van der Waals surface area contributed by atoms with Crippen LogP contribution in [0, 0.1) is 0 Å². The number of carbonyl (C=O) groups is 1. The predicted molar refractivity (Wildman–Crippen MR) is 95.0 cm³/mol. The van der Waals surface area contributed by atoms with Crippen molar-refractivity contribution in [1.29, 1.82) is 0 Å². The number of nitrogens with zero attached hydrogens (tertiary/aromatic N) is 1. The fraction of sp³-hybridized carbons (Fsp3) is 0.200. The summed E-state index contributed by atoms with van der Waals surface area (Å²) < 4.78 is 0. The number of amides is 1. The number of hydrogen-bond acceptors (Lipinski definition) is 3. The largest absolute Gasteiger partial charge is 0.396 e. The Morgan fingerprint density at radius 2 is 1.79 bits per heavy atom. The van der Waals surface area contributed by atoms with Crippen molar-refractivity contribution in [3.63, 3.8) is 0 Å². The molecule has 0 bridgehead atoms. The van der Waals surface area contributed by atoms with Crippen molar-refractivity contribution in [3.8, 4) is 0 Å². The van der Waals surface area contributed by atoms with Crippen LogP contribution in [0.2, 0.25) is 0 Å². The Bertz CT molecular complexity index is 813. The van der Waals surface area contributed by atoms with Gasteiger partial charge in [0.05, 0.1) is 0 Å². The number of rotatable bonds is 6. The summed E-state index contributed by atoms with van der Waals surface area (Å²) in [7, 11) is 0. The standard InChI is InChI=1S/C20H20N2O2/c23-13-11-17(15-6-2-1-3-7-15)14-22-20(24)19-18-9-5-4-8-16(18)10-12-21-19/h1-10,12,17,23H,11,13-14H2,(H,22,24). The lowest BCUT2D eigenvalue weighted by molar-refractivity contribution is 0.0946. The summed E-state index contributed by atoms with van der Waals surface area (Å²) in [6.45, 7) is 0.552. The first-order chi connectivity index (χ1) is 11.8. The lowest BCUT2D eigenvalue weighted by atomic mass is 9.96. The van der Waals surface area contributed by atoms with Gasteiger partial charge in [0, 0.05) is 30.7 Å². The highest BCUT2D eigenvalue weighted by Crippen LogP contribution is 2.19. The Hall–Kier alpha value is -2.72. The second-order valence-corrected chi connectivity index (χ2v) is 5.71. The molecule has 0 aliphatic carbocycles. The van der Waals surface area contributed by atoms with E-state index in [9.17, 15) is 9.90 Å². The van der Waals surface area contributed by atoms with Gasteiger partial charge in [-0.1, -0.05) is 54.6 Å². The van der Waals surface area contributed by atoms with E-state index >= 15 is 0 Å². The molecule has 24 heavy (non-hydrogen) atoms. The Balaban J connectivity index is 1.76. The number of fused-ring (bicyclic) bond motifs is 1. The van der Waals surface area contributed by atoms with Crippen LogP contribution in [-0.2, 0) is 0 Å². The van der Waals surface area contributed by atoms with E-state index in [1.165, 1.54) is 0 Å². The molecule has 122 valence electrons. The van der Waals surface area contributed by atoms with Gasteiger partial charge in [0.15, 0.2) is 0 Å². The summed E-state index contributed by atoms with van der Waals surface area (Å²) in [6.07, 6.45) is 2.26. The summed E-state index contributed by atoms with van der Waals surface area (Å²) in [5.41, 5.74) is 1.54. The highest BCUT2D eigenvalue weighted by molar-refractivity contribution is 6.05. The molecule has 2 N–H and O–H groups in total.